The fourth-order valence-electron chi connectivity index (χ4n) is 4.10. The van der Waals surface area contributed by atoms with Gasteiger partial charge < -0.3 is 15.5 Å². The Balaban J connectivity index is 1.64. The molecule has 170 valence electrons. The number of nitrogens with one attached hydrogen (secondary N) is 2. The summed E-state index contributed by atoms with van der Waals surface area (Å²) in [5, 5.41) is 10.8. The first kappa shape index (κ1) is 21.8. The zero-order valence-electron chi connectivity index (χ0n) is 18.4. The highest BCUT2D eigenvalue weighted by atomic mass is 19.3. The number of aromatic nitrogens is 5. The van der Waals surface area contributed by atoms with Crippen molar-refractivity contribution in [3.63, 3.8) is 0 Å². The number of nitrogens with zero attached hydrogens (tertiary/aromatic N) is 6. The van der Waals surface area contributed by atoms with Crippen molar-refractivity contribution in [1.29, 1.82) is 0 Å². The molecule has 0 aromatic carbocycles. The fraction of sp³-hybridized carbons (Fsp3) is 0.476. The molecule has 3 aromatic rings. The zero-order valence-corrected chi connectivity index (χ0v) is 18.4. The summed E-state index contributed by atoms with van der Waals surface area (Å²) in [4.78, 5) is 27.0. The maximum Gasteiger partial charge on any atom is 0.282 e. The van der Waals surface area contributed by atoms with Gasteiger partial charge in [0.2, 0.25) is 5.91 Å². The number of alkyl halides is 2. The lowest BCUT2D eigenvalue weighted by Gasteiger charge is -2.20. The first-order chi connectivity index (χ1) is 15.2. The number of fused-ring (bicyclic) bond motifs is 1. The molecule has 11 heteroatoms. The normalized spacial score (nSPS) is 17.2. The van der Waals surface area contributed by atoms with E-state index in [4.69, 9.17) is 0 Å². The van der Waals surface area contributed by atoms with E-state index >= 15 is 0 Å². The highest BCUT2D eigenvalue weighted by molar-refractivity contribution is 5.90. The average molecular weight is 444 g/mol. The van der Waals surface area contributed by atoms with Gasteiger partial charge in [0.25, 0.3) is 6.43 Å². The van der Waals surface area contributed by atoms with E-state index in [1.54, 1.807) is 33.3 Å². The number of halogens is 2. The molecule has 32 heavy (non-hydrogen) atoms. The first-order valence-electron chi connectivity index (χ1n) is 10.5. The van der Waals surface area contributed by atoms with E-state index in [9.17, 15) is 13.6 Å². The van der Waals surface area contributed by atoms with Gasteiger partial charge in [-0.1, -0.05) is 0 Å². The van der Waals surface area contributed by atoms with Crippen LogP contribution in [0.3, 0.4) is 0 Å². The number of hydrogen-bond donors (Lipinski definition) is 2. The van der Waals surface area contributed by atoms with Crippen LogP contribution >= 0.6 is 0 Å². The topological polar surface area (TPSA) is 101 Å². The summed E-state index contributed by atoms with van der Waals surface area (Å²) in [5.74, 6) is 1.80. The van der Waals surface area contributed by atoms with E-state index in [0.717, 1.165) is 24.2 Å². The second-order valence-electron chi connectivity index (χ2n) is 8.12. The molecule has 0 unspecified atom stereocenters. The Hall–Kier alpha value is -3.37. The van der Waals surface area contributed by atoms with Crippen molar-refractivity contribution in [1.82, 2.24) is 30.0 Å². The Morgan fingerprint density at radius 1 is 1.31 bits per heavy atom. The van der Waals surface area contributed by atoms with Gasteiger partial charge in [-0.25, -0.2) is 23.7 Å². The summed E-state index contributed by atoms with van der Waals surface area (Å²) >= 11 is 0. The van der Waals surface area contributed by atoms with Gasteiger partial charge in [-0.15, -0.1) is 0 Å². The fourth-order valence-corrected chi connectivity index (χ4v) is 4.10. The summed E-state index contributed by atoms with van der Waals surface area (Å²) in [7, 11) is 1.62. The molecule has 3 aromatic heterocycles. The molecule has 0 spiro atoms. The molecule has 0 radical (unpaired) electrons. The minimum absolute atomic E-state index is 0.0498. The van der Waals surface area contributed by atoms with Crippen molar-refractivity contribution in [2.45, 2.75) is 45.7 Å². The van der Waals surface area contributed by atoms with Crippen molar-refractivity contribution in [2.24, 2.45) is 7.05 Å². The van der Waals surface area contributed by atoms with Crippen LogP contribution in [0.5, 0.6) is 0 Å². The Morgan fingerprint density at radius 2 is 2.09 bits per heavy atom. The molecule has 0 aliphatic carbocycles. The van der Waals surface area contributed by atoms with E-state index in [1.165, 1.54) is 11.6 Å². The molecular weight excluding hydrogens is 418 g/mol. The number of carbonyl (C=O) groups is 1. The Labute approximate surface area is 184 Å². The van der Waals surface area contributed by atoms with Gasteiger partial charge in [-0.3, -0.25) is 9.48 Å². The smallest absolute Gasteiger partial charge is 0.282 e. The standard InChI is InChI=1S/C21H26F2N8O/c1-11(16-10-30(4)29-19(16)20(22)23)25-21-15-7-18(24-8-17(15)26-12(2)27-21)31-6-5-14(9-31)28-13(3)32/h7-8,10-11,14,20H,5-6,9H2,1-4H3,(H,28,32)(H,25,26,27)/t11-,14-/m1/s1. The number of hydrogen-bond acceptors (Lipinski definition) is 7. The van der Waals surface area contributed by atoms with Gasteiger partial charge in [0.05, 0.1) is 17.8 Å². The molecule has 4 heterocycles. The maximum atomic E-state index is 13.4. The number of pyridine rings is 1. The SMILES string of the molecule is CC(=O)N[C@@H]1CCN(c2cc3c(N[C@H](C)c4cn(C)nc4C(F)F)nc(C)nc3cn2)C1. The number of aryl methyl sites for hydroxylation is 2. The predicted molar refractivity (Wildman–Crippen MR) is 117 cm³/mol. The molecule has 1 aliphatic heterocycles. The van der Waals surface area contributed by atoms with Crippen LogP contribution < -0.4 is 15.5 Å². The van der Waals surface area contributed by atoms with E-state index in [0.29, 0.717) is 29.3 Å². The van der Waals surface area contributed by atoms with Gasteiger partial charge in [0.15, 0.2) is 0 Å². The lowest BCUT2D eigenvalue weighted by Crippen LogP contribution is -2.35. The minimum Gasteiger partial charge on any atom is -0.363 e. The molecule has 1 aliphatic rings. The summed E-state index contributed by atoms with van der Waals surface area (Å²) in [6, 6.07) is 1.53. The quantitative estimate of drug-likeness (QED) is 0.603. The summed E-state index contributed by atoms with van der Waals surface area (Å²) in [6.45, 7) is 6.51. The van der Waals surface area contributed by atoms with Crippen LogP contribution in [0.2, 0.25) is 0 Å². The van der Waals surface area contributed by atoms with Crippen molar-refractivity contribution in [2.75, 3.05) is 23.3 Å². The molecular formula is C21H26F2N8O. The molecule has 4 rings (SSSR count). The van der Waals surface area contributed by atoms with Crippen LogP contribution in [0.15, 0.2) is 18.5 Å². The van der Waals surface area contributed by atoms with Crippen molar-refractivity contribution < 1.29 is 13.6 Å². The first-order valence-corrected chi connectivity index (χ1v) is 10.5. The second kappa shape index (κ2) is 8.64. The third-order valence-corrected chi connectivity index (χ3v) is 5.51. The third-order valence-electron chi connectivity index (χ3n) is 5.51. The van der Waals surface area contributed by atoms with Crippen LogP contribution in [0, 0.1) is 6.92 Å². The Kier molecular flexibility index (Phi) is 5.90. The van der Waals surface area contributed by atoms with Crippen molar-refractivity contribution in [3.05, 3.63) is 35.5 Å². The number of carbonyl (C=O) groups excluding carboxylic acids is 1. The molecule has 2 atom stereocenters. The monoisotopic (exact) mass is 444 g/mol. The molecule has 0 saturated carbocycles. The Bertz CT molecular complexity index is 1150. The molecule has 9 nitrogen and oxygen atoms in total. The highest BCUT2D eigenvalue weighted by Crippen LogP contribution is 2.31. The molecule has 0 bridgehead atoms. The van der Waals surface area contributed by atoms with Gasteiger partial charge in [0, 0.05) is 50.2 Å². The summed E-state index contributed by atoms with van der Waals surface area (Å²) < 4.78 is 28.2. The van der Waals surface area contributed by atoms with Crippen LogP contribution in [0.1, 0.15) is 49.8 Å². The molecule has 1 amide bonds. The zero-order chi connectivity index (χ0) is 23.0. The highest BCUT2D eigenvalue weighted by Gasteiger charge is 2.25. The lowest BCUT2D eigenvalue weighted by molar-refractivity contribution is -0.119. The van der Waals surface area contributed by atoms with Crippen LogP contribution in [-0.2, 0) is 11.8 Å². The molecule has 2 N–H and O–H groups in total. The predicted octanol–water partition coefficient (Wildman–Crippen LogP) is 2.89. The van der Waals surface area contributed by atoms with E-state index in [2.05, 4.69) is 35.6 Å². The van der Waals surface area contributed by atoms with Crippen molar-refractivity contribution in [3.8, 4) is 0 Å². The lowest BCUT2D eigenvalue weighted by atomic mass is 10.1. The minimum atomic E-state index is -2.66. The van der Waals surface area contributed by atoms with E-state index < -0.39 is 12.5 Å². The van der Waals surface area contributed by atoms with Gasteiger partial charge in [-0.2, -0.15) is 5.10 Å². The van der Waals surface area contributed by atoms with Crippen LogP contribution in [-0.4, -0.2) is 49.8 Å². The van der Waals surface area contributed by atoms with Crippen LogP contribution in [0.4, 0.5) is 20.4 Å². The summed E-state index contributed by atoms with van der Waals surface area (Å²) in [5.41, 5.74) is 0.832. The largest absolute Gasteiger partial charge is 0.363 e. The number of amides is 1. The second-order valence-corrected chi connectivity index (χ2v) is 8.12. The molecule has 1 fully saturated rings. The number of anilines is 2. The Morgan fingerprint density at radius 3 is 2.81 bits per heavy atom. The molecule has 1 saturated heterocycles. The summed E-state index contributed by atoms with van der Waals surface area (Å²) in [6.07, 6.45) is 1.45. The van der Waals surface area contributed by atoms with Crippen LogP contribution in [0.25, 0.3) is 10.9 Å². The van der Waals surface area contributed by atoms with Gasteiger partial charge >= 0.3 is 0 Å². The van der Waals surface area contributed by atoms with E-state index in [1.807, 2.05) is 6.07 Å². The van der Waals surface area contributed by atoms with Crippen molar-refractivity contribution >= 4 is 28.4 Å². The maximum absolute atomic E-state index is 13.4. The third kappa shape index (κ3) is 4.46. The van der Waals surface area contributed by atoms with Gasteiger partial charge in [-0.05, 0) is 26.3 Å². The average Bonchev–Trinajstić information content (AvgIpc) is 3.34. The van der Waals surface area contributed by atoms with E-state index in [-0.39, 0.29) is 17.6 Å². The number of rotatable bonds is 6. The van der Waals surface area contributed by atoms with Gasteiger partial charge in [0.1, 0.15) is 23.2 Å².